The van der Waals surface area contributed by atoms with Gasteiger partial charge in [0, 0.05) is 19.1 Å². The van der Waals surface area contributed by atoms with Crippen LogP contribution in [0.15, 0.2) is 16.9 Å². The average Bonchev–Trinajstić information content (AvgIpc) is 3.01. The molecule has 1 fully saturated rings. The number of carboxylic acid groups (broad SMARTS) is 1. The highest BCUT2D eigenvalue weighted by Gasteiger charge is 2.24. The first-order chi connectivity index (χ1) is 11.6. The number of carbonyl (C=O) groups is 1. The molecule has 1 saturated heterocycles. The van der Waals surface area contributed by atoms with Crippen molar-refractivity contribution in [2.75, 3.05) is 13.2 Å². The molecule has 0 spiro atoms. The van der Waals surface area contributed by atoms with E-state index in [1.54, 1.807) is 23.5 Å². The minimum Gasteiger partial charge on any atom is -0.478 e. The molecular weight excluding hydrogens is 312 g/mol. The predicted molar refractivity (Wildman–Crippen MR) is 85.6 cm³/mol. The molecule has 3 heterocycles. The number of hydrogen-bond acceptors (Lipinski definition) is 5. The molecule has 0 radical (unpaired) electrons. The van der Waals surface area contributed by atoms with Crippen LogP contribution in [-0.2, 0) is 4.74 Å². The maximum atomic E-state index is 12.3. The van der Waals surface area contributed by atoms with E-state index in [9.17, 15) is 14.7 Å². The fourth-order valence-corrected chi connectivity index (χ4v) is 3.29. The number of aryl methyl sites for hydroxylation is 1. The lowest BCUT2D eigenvalue weighted by atomic mass is 9.99. The summed E-state index contributed by atoms with van der Waals surface area (Å²) in [5.41, 5.74) is 1.80. The maximum absolute atomic E-state index is 12.3. The second-order valence-corrected chi connectivity index (χ2v) is 6.05. The van der Waals surface area contributed by atoms with Crippen LogP contribution in [-0.4, -0.2) is 43.9 Å². The Hall–Kier alpha value is -2.74. The molecule has 0 bridgehead atoms. The molecule has 1 aliphatic rings. The van der Waals surface area contributed by atoms with Crippen LogP contribution in [0.3, 0.4) is 0 Å². The molecule has 0 unspecified atom stereocenters. The lowest BCUT2D eigenvalue weighted by Gasteiger charge is -2.20. The highest BCUT2D eigenvalue weighted by Crippen LogP contribution is 2.28. The Morgan fingerprint density at radius 3 is 2.79 bits per heavy atom. The molecule has 2 N–H and O–H groups in total. The van der Waals surface area contributed by atoms with Crippen LogP contribution in [0.25, 0.3) is 16.7 Å². The summed E-state index contributed by atoms with van der Waals surface area (Å²) in [6.07, 6.45) is 1.60. The van der Waals surface area contributed by atoms with Crippen LogP contribution in [0.4, 0.5) is 0 Å². The van der Waals surface area contributed by atoms with Gasteiger partial charge in [0.1, 0.15) is 5.82 Å². The highest BCUT2D eigenvalue weighted by atomic mass is 16.5. The zero-order valence-electron chi connectivity index (χ0n) is 13.1. The molecule has 8 heteroatoms. The van der Waals surface area contributed by atoms with Gasteiger partial charge in [0.25, 0.3) is 5.56 Å². The van der Waals surface area contributed by atoms with Crippen LogP contribution in [0.5, 0.6) is 0 Å². The molecule has 0 aliphatic carbocycles. The van der Waals surface area contributed by atoms with E-state index in [-0.39, 0.29) is 22.7 Å². The first kappa shape index (κ1) is 14.8. The lowest BCUT2D eigenvalue weighted by Crippen LogP contribution is -2.18. The summed E-state index contributed by atoms with van der Waals surface area (Å²) in [6.45, 7) is 2.98. The van der Waals surface area contributed by atoms with E-state index in [4.69, 9.17) is 4.74 Å². The summed E-state index contributed by atoms with van der Waals surface area (Å²) in [5, 5.41) is 17.6. The van der Waals surface area contributed by atoms with Gasteiger partial charge in [-0.15, -0.1) is 10.2 Å². The first-order valence-corrected chi connectivity index (χ1v) is 7.79. The van der Waals surface area contributed by atoms with Crippen molar-refractivity contribution in [2.24, 2.45) is 0 Å². The highest BCUT2D eigenvalue weighted by molar-refractivity contribution is 5.94. The van der Waals surface area contributed by atoms with E-state index in [0.717, 1.165) is 12.8 Å². The Morgan fingerprint density at radius 2 is 2.08 bits per heavy atom. The van der Waals surface area contributed by atoms with E-state index < -0.39 is 5.97 Å². The summed E-state index contributed by atoms with van der Waals surface area (Å²) < 4.78 is 7.07. The van der Waals surface area contributed by atoms with Gasteiger partial charge in [0.15, 0.2) is 0 Å². The van der Waals surface area contributed by atoms with E-state index in [1.165, 1.54) is 0 Å². The van der Waals surface area contributed by atoms with Gasteiger partial charge in [0.2, 0.25) is 5.65 Å². The van der Waals surface area contributed by atoms with E-state index >= 15 is 0 Å². The molecule has 2 aromatic heterocycles. The van der Waals surface area contributed by atoms with E-state index in [1.807, 2.05) is 0 Å². The van der Waals surface area contributed by atoms with Crippen molar-refractivity contribution in [1.82, 2.24) is 19.6 Å². The summed E-state index contributed by atoms with van der Waals surface area (Å²) >= 11 is 0. The summed E-state index contributed by atoms with van der Waals surface area (Å²) in [7, 11) is 0. The molecule has 3 aromatic rings. The number of H-pyrrole nitrogens is 1. The Morgan fingerprint density at radius 1 is 1.33 bits per heavy atom. The van der Waals surface area contributed by atoms with Gasteiger partial charge in [-0.1, -0.05) is 0 Å². The average molecular weight is 328 g/mol. The molecule has 0 atom stereocenters. The number of aromatic amines is 1. The SMILES string of the molecule is Cc1cc2[nH]c(=O)c3nnc(C4CCOCC4)n3c2cc1C(=O)O. The Labute approximate surface area is 136 Å². The lowest BCUT2D eigenvalue weighted by molar-refractivity contribution is 0.0696. The Balaban J connectivity index is 2.06. The minimum atomic E-state index is -1.01. The van der Waals surface area contributed by atoms with Crippen LogP contribution in [0.2, 0.25) is 0 Å². The van der Waals surface area contributed by atoms with E-state index in [2.05, 4.69) is 15.2 Å². The third kappa shape index (κ3) is 2.18. The Bertz CT molecular complexity index is 1010. The number of rotatable bonds is 2. The van der Waals surface area contributed by atoms with Crippen LogP contribution in [0.1, 0.15) is 40.5 Å². The smallest absolute Gasteiger partial charge is 0.336 e. The number of benzene rings is 1. The number of aromatic nitrogens is 4. The fourth-order valence-electron chi connectivity index (χ4n) is 3.29. The van der Waals surface area contributed by atoms with Crippen molar-refractivity contribution in [1.29, 1.82) is 0 Å². The number of hydrogen-bond donors (Lipinski definition) is 2. The largest absolute Gasteiger partial charge is 0.478 e. The number of ether oxygens (including phenoxy) is 1. The van der Waals surface area contributed by atoms with Gasteiger partial charge in [-0.2, -0.15) is 0 Å². The van der Waals surface area contributed by atoms with Gasteiger partial charge in [-0.3, -0.25) is 9.20 Å². The second kappa shape index (κ2) is 5.41. The fraction of sp³-hybridized carbons (Fsp3) is 0.375. The molecular formula is C16H16N4O4. The number of nitrogens with zero attached hydrogens (tertiary/aromatic N) is 3. The van der Waals surface area contributed by atoms with Crippen molar-refractivity contribution in [2.45, 2.75) is 25.7 Å². The minimum absolute atomic E-state index is 0.133. The van der Waals surface area contributed by atoms with Crippen molar-refractivity contribution < 1.29 is 14.6 Å². The molecule has 0 saturated carbocycles. The van der Waals surface area contributed by atoms with Gasteiger partial charge in [0.05, 0.1) is 16.6 Å². The standard InChI is InChI=1S/C16H16N4O4/c1-8-6-11-12(7-10(8)16(22)23)20-13(9-2-4-24-5-3-9)18-19-14(20)15(21)17-11/h6-7,9H,2-5H2,1H3,(H,17,21)(H,22,23). The molecule has 1 aromatic carbocycles. The number of aromatic carboxylic acids is 1. The zero-order valence-corrected chi connectivity index (χ0v) is 13.1. The van der Waals surface area contributed by atoms with Crippen LogP contribution in [0, 0.1) is 6.92 Å². The molecule has 1 aliphatic heterocycles. The normalized spacial score (nSPS) is 16.0. The van der Waals surface area contributed by atoms with Crippen molar-refractivity contribution >= 4 is 22.6 Å². The van der Waals surface area contributed by atoms with Crippen molar-refractivity contribution in [3.05, 3.63) is 39.4 Å². The number of nitrogens with one attached hydrogen (secondary N) is 1. The molecule has 24 heavy (non-hydrogen) atoms. The molecule has 8 nitrogen and oxygen atoms in total. The Kier molecular flexibility index (Phi) is 3.34. The van der Waals surface area contributed by atoms with Gasteiger partial charge in [-0.05, 0) is 37.5 Å². The predicted octanol–water partition coefficient (Wildman–Crippen LogP) is 1.47. The van der Waals surface area contributed by atoms with Crippen molar-refractivity contribution in [3.63, 3.8) is 0 Å². The summed E-state index contributed by atoms with van der Waals surface area (Å²) in [4.78, 5) is 26.5. The molecule has 124 valence electrons. The van der Waals surface area contributed by atoms with Gasteiger partial charge in [-0.25, -0.2) is 4.79 Å². The second-order valence-electron chi connectivity index (χ2n) is 6.05. The third-order valence-corrected chi connectivity index (χ3v) is 4.54. The zero-order chi connectivity index (χ0) is 16.8. The topological polar surface area (TPSA) is 110 Å². The van der Waals surface area contributed by atoms with Crippen LogP contribution >= 0.6 is 0 Å². The molecule has 4 rings (SSSR count). The van der Waals surface area contributed by atoms with E-state index in [0.29, 0.717) is 35.6 Å². The maximum Gasteiger partial charge on any atom is 0.336 e. The van der Waals surface area contributed by atoms with Crippen LogP contribution < -0.4 is 5.56 Å². The number of carboxylic acids is 1. The number of fused-ring (bicyclic) bond motifs is 3. The molecule has 0 amide bonds. The van der Waals surface area contributed by atoms with Gasteiger partial charge < -0.3 is 14.8 Å². The summed E-state index contributed by atoms with van der Waals surface area (Å²) in [5.74, 6) is -0.188. The van der Waals surface area contributed by atoms with Gasteiger partial charge >= 0.3 is 5.97 Å². The summed E-state index contributed by atoms with van der Waals surface area (Å²) in [6, 6.07) is 3.25. The first-order valence-electron chi connectivity index (χ1n) is 7.79. The third-order valence-electron chi connectivity index (χ3n) is 4.54. The quantitative estimate of drug-likeness (QED) is 0.737. The monoisotopic (exact) mass is 328 g/mol. The van der Waals surface area contributed by atoms with Crippen molar-refractivity contribution in [3.8, 4) is 0 Å².